The number of nitrogens with zero attached hydrogens (tertiary/aromatic N) is 2. The molecule has 2 aromatic rings. The van der Waals surface area contributed by atoms with Crippen LogP contribution in [0, 0.1) is 11.5 Å². The van der Waals surface area contributed by atoms with Gasteiger partial charge < -0.3 is 0 Å². The molecule has 1 N–H and O–H groups in total. The van der Waals surface area contributed by atoms with E-state index < -0.39 is 11.9 Å². The molecule has 5 nitrogen and oxygen atoms in total. The topological polar surface area (TPSA) is 73.2 Å². The average molecular weight is 331 g/mol. The van der Waals surface area contributed by atoms with E-state index in [1.807, 2.05) is 12.3 Å². The minimum Gasteiger partial charge on any atom is -0.273 e. The first kappa shape index (κ1) is 16.5. The van der Waals surface area contributed by atoms with E-state index >= 15 is 0 Å². The molecule has 3 amide bonds. The number of imide groups is 1. The van der Waals surface area contributed by atoms with Crippen molar-refractivity contribution >= 4 is 23.2 Å². The Morgan fingerprint density at radius 2 is 1.88 bits per heavy atom. The van der Waals surface area contributed by atoms with E-state index in [1.54, 1.807) is 48.5 Å². The van der Waals surface area contributed by atoms with Gasteiger partial charge in [0, 0.05) is 5.56 Å². The largest absolute Gasteiger partial charge is 0.342 e. The van der Waals surface area contributed by atoms with E-state index in [-0.39, 0.29) is 0 Å². The molecule has 25 heavy (non-hydrogen) atoms. The van der Waals surface area contributed by atoms with Gasteiger partial charge in [-0.3, -0.25) is 10.1 Å². The van der Waals surface area contributed by atoms with Crippen molar-refractivity contribution in [1.29, 1.82) is 5.26 Å². The number of rotatable bonds is 3. The van der Waals surface area contributed by atoms with Crippen LogP contribution in [-0.4, -0.2) is 11.9 Å². The Kier molecular flexibility index (Phi) is 4.91. The lowest BCUT2D eigenvalue weighted by Crippen LogP contribution is -2.40. The number of carbonyl (C=O) groups is 2. The summed E-state index contributed by atoms with van der Waals surface area (Å²) in [5, 5.41) is 11.6. The molecule has 3 rings (SSSR count). The van der Waals surface area contributed by atoms with Gasteiger partial charge in [-0.15, -0.1) is 0 Å². The Bertz CT molecular complexity index is 866. The van der Waals surface area contributed by atoms with Crippen molar-refractivity contribution in [3.63, 3.8) is 0 Å². The maximum atomic E-state index is 12.3. The molecule has 0 bridgehead atoms. The van der Waals surface area contributed by atoms with E-state index in [9.17, 15) is 14.9 Å². The predicted octanol–water partition coefficient (Wildman–Crippen LogP) is 4.09. The first-order valence-corrected chi connectivity index (χ1v) is 8.09. The summed E-state index contributed by atoms with van der Waals surface area (Å²) in [5.74, 6) is -0.541. The molecule has 0 atom stereocenters. The molecule has 0 fully saturated rings. The minimum atomic E-state index is -0.770. The summed E-state index contributed by atoms with van der Waals surface area (Å²) in [6.45, 7) is 0. The van der Waals surface area contributed by atoms with Crippen molar-refractivity contribution in [2.75, 3.05) is 4.90 Å². The SMILES string of the molecule is N#CN(C(=O)NC(=O)c1ccccc1)c1cccc(C2=CCCC2)c1. The molecule has 1 aliphatic rings. The van der Waals surface area contributed by atoms with Gasteiger partial charge in [0.15, 0.2) is 6.19 Å². The molecule has 0 aromatic heterocycles. The van der Waals surface area contributed by atoms with Gasteiger partial charge in [-0.05, 0) is 54.7 Å². The number of nitrogens with one attached hydrogen (secondary N) is 1. The number of carbonyl (C=O) groups excluding carboxylic acids is 2. The standard InChI is InChI=1S/C20H17N3O2/c21-14-23(20(25)22-19(24)16-9-2-1-3-10-16)18-12-6-11-17(13-18)15-7-4-5-8-15/h1-3,6-7,9-13H,4-5,8H2,(H,22,24,25). The molecule has 0 aliphatic heterocycles. The summed E-state index contributed by atoms with van der Waals surface area (Å²) < 4.78 is 0. The van der Waals surface area contributed by atoms with Gasteiger partial charge in [0.25, 0.3) is 5.91 Å². The second-order valence-corrected chi connectivity index (χ2v) is 5.73. The lowest BCUT2D eigenvalue weighted by atomic mass is 10.0. The molecule has 0 heterocycles. The van der Waals surface area contributed by atoms with Crippen LogP contribution >= 0.6 is 0 Å². The average Bonchev–Trinajstić information content (AvgIpc) is 3.18. The zero-order valence-corrected chi connectivity index (χ0v) is 13.6. The number of anilines is 1. The van der Waals surface area contributed by atoms with E-state index in [4.69, 9.17) is 0 Å². The Morgan fingerprint density at radius 3 is 2.56 bits per heavy atom. The van der Waals surface area contributed by atoms with Crippen molar-refractivity contribution in [2.45, 2.75) is 19.3 Å². The number of amides is 3. The summed E-state index contributed by atoms with van der Waals surface area (Å²) >= 11 is 0. The van der Waals surface area contributed by atoms with E-state index in [0.717, 1.165) is 29.7 Å². The highest BCUT2D eigenvalue weighted by Crippen LogP contribution is 2.29. The molecule has 1 aliphatic carbocycles. The van der Waals surface area contributed by atoms with Gasteiger partial charge >= 0.3 is 6.03 Å². The van der Waals surface area contributed by atoms with Gasteiger partial charge in [-0.25, -0.2) is 4.79 Å². The molecule has 5 heteroatoms. The number of hydrogen-bond donors (Lipinski definition) is 1. The highest BCUT2D eigenvalue weighted by Gasteiger charge is 2.19. The van der Waals surface area contributed by atoms with Crippen LogP contribution in [0.25, 0.3) is 5.57 Å². The number of allylic oxidation sites excluding steroid dienone is 2. The monoisotopic (exact) mass is 331 g/mol. The van der Waals surface area contributed by atoms with Crippen LogP contribution in [0.15, 0.2) is 60.7 Å². The molecule has 0 saturated carbocycles. The number of benzene rings is 2. The third kappa shape index (κ3) is 3.75. The smallest absolute Gasteiger partial charge is 0.273 e. The van der Waals surface area contributed by atoms with Crippen LogP contribution in [-0.2, 0) is 0 Å². The fourth-order valence-electron chi connectivity index (χ4n) is 2.81. The van der Waals surface area contributed by atoms with Crippen LogP contribution in [0.2, 0.25) is 0 Å². The second-order valence-electron chi connectivity index (χ2n) is 5.73. The molecular weight excluding hydrogens is 314 g/mol. The van der Waals surface area contributed by atoms with E-state index in [0.29, 0.717) is 11.3 Å². The van der Waals surface area contributed by atoms with Gasteiger partial charge in [-0.1, -0.05) is 36.4 Å². The number of nitriles is 1. The third-order valence-corrected chi connectivity index (χ3v) is 4.08. The highest BCUT2D eigenvalue weighted by atomic mass is 16.2. The van der Waals surface area contributed by atoms with Crippen LogP contribution in [0.4, 0.5) is 10.5 Å². The molecular formula is C20H17N3O2. The van der Waals surface area contributed by atoms with Crippen LogP contribution in [0.5, 0.6) is 0 Å². The zero-order chi connectivity index (χ0) is 17.6. The number of hydrogen-bond acceptors (Lipinski definition) is 3. The zero-order valence-electron chi connectivity index (χ0n) is 13.6. The molecule has 0 spiro atoms. The summed E-state index contributed by atoms with van der Waals surface area (Å²) in [5.41, 5.74) is 3.02. The summed E-state index contributed by atoms with van der Waals surface area (Å²) in [4.78, 5) is 25.3. The lowest BCUT2D eigenvalue weighted by molar-refractivity contribution is 0.0966. The van der Waals surface area contributed by atoms with Crippen molar-refractivity contribution in [2.24, 2.45) is 0 Å². The molecule has 0 unspecified atom stereocenters. The van der Waals surface area contributed by atoms with Crippen LogP contribution in [0.3, 0.4) is 0 Å². The Morgan fingerprint density at radius 1 is 1.08 bits per heavy atom. The third-order valence-electron chi connectivity index (χ3n) is 4.08. The first-order valence-electron chi connectivity index (χ1n) is 8.09. The molecule has 0 radical (unpaired) electrons. The summed E-state index contributed by atoms with van der Waals surface area (Å²) in [7, 11) is 0. The lowest BCUT2D eigenvalue weighted by Gasteiger charge is -2.15. The fraction of sp³-hybridized carbons (Fsp3) is 0.150. The Labute approximate surface area is 146 Å². The van der Waals surface area contributed by atoms with E-state index in [2.05, 4.69) is 11.4 Å². The molecule has 0 saturated heterocycles. The second kappa shape index (κ2) is 7.45. The van der Waals surface area contributed by atoms with E-state index in [1.165, 1.54) is 5.57 Å². The normalized spacial score (nSPS) is 12.8. The van der Waals surface area contributed by atoms with Gasteiger partial charge in [0.1, 0.15) is 0 Å². The fourth-order valence-corrected chi connectivity index (χ4v) is 2.81. The van der Waals surface area contributed by atoms with Crippen LogP contribution in [0.1, 0.15) is 35.2 Å². The number of urea groups is 1. The van der Waals surface area contributed by atoms with Gasteiger partial charge in [0.05, 0.1) is 5.69 Å². The maximum Gasteiger partial charge on any atom is 0.342 e. The minimum absolute atomic E-state index is 0.360. The van der Waals surface area contributed by atoms with Crippen molar-refractivity contribution in [3.8, 4) is 6.19 Å². The van der Waals surface area contributed by atoms with Crippen molar-refractivity contribution in [1.82, 2.24) is 5.32 Å². The first-order chi connectivity index (χ1) is 12.2. The Balaban J connectivity index is 1.78. The molecule has 2 aromatic carbocycles. The van der Waals surface area contributed by atoms with Gasteiger partial charge in [-0.2, -0.15) is 10.2 Å². The Hall–Kier alpha value is -3.39. The van der Waals surface area contributed by atoms with Crippen LogP contribution < -0.4 is 10.2 Å². The maximum absolute atomic E-state index is 12.3. The quantitative estimate of drug-likeness (QED) is 0.680. The predicted molar refractivity (Wildman–Crippen MR) is 95.7 cm³/mol. The van der Waals surface area contributed by atoms with Gasteiger partial charge in [0.2, 0.25) is 0 Å². The van der Waals surface area contributed by atoms with Crippen molar-refractivity contribution < 1.29 is 9.59 Å². The summed E-state index contributed by atoms with van der Waals surface area (Å²) in [6.07, 6.45) is 7.18. The highest BCUT2D eigenvalue weighted by molar-refractivity contribution is 6.09. The summed E-state index contributed by atoms with van der Waals surface area (Å²) in [6, 6.07) is 14.9. The van der Waals surface area contributed by atoms with Crippen molar-refractivity contribution in [3.05, 3.63) is 71.8 Å². The molecule has 124 valence electrons.